The fourth-order valence-electron chi connectivity index (χ4n) is 2.02. The third-order valence-corrected chi connectivity index (χ3v) is 2.71. The second-order valence-electron chi connectivity index (χ2n) is 3.88. The molecular weight excluding hydrogens is 122 g/mol. The van der Waals surface area contributed by atoms with Gasteiger partial charge in [-0.25, -0.2) is 0 Å². The van der Waals surface area contributed by atoms with E-state index in [4.69, 9.17) is 0 Å². The molecule has 1 N–H and O–H groups in total. The molecule has 0 spiro atoms. The van der Waals surface area contributed by atoms with Gasteiger partial charge in [0.05, 0.1) is 0 Å². The lowest BCUT2D eigenvalue weighted by Crippen LogP contribution is -2.37. The van der Waals surface area contributed by atoms with Crippen molar-refractivity contribution >= 4 is 0 Å². The number of nitrogens with one attached hydrogen (secondary N) is 1. The van der Waals surface area contributed by atoms with Crippen LogP contribution >= 0.6 is 0 Å². The van der Waals surface area contributed by atoms with Crippen molar-refractivity contribution in [2.45, 2.75) is 27.2 Å². The minimum atomic E-state index is 0.872. The Labute approximate surface area is 64.2 Å². The van der Waals surface area contributed by atoms with Gasteiger partial charge < -0.3 is 5.32 Å². The summed E-state index contributed by atoms with van der Waals surface area (Å²) in [6.45, 7) is 9.49. The van der Waals surface area contributed by atoms with Crippen molar-refractivity contribution in [3.63, 3.8) is 0 Å². The smallest absolute Gasteiger partial charge is 0.00204 e. The summed E-state index contributed by atoms with van der Waals surface area (Å²) in [5, 5.41) is 3.42. The lowest BCUT2D eigenvalue weighted by atomic mass is 9.80. The Hall–Kier alpha value is -0.0400. The molecule has 0 aromatic rings. The first-order valence-corrected chi connectivity index (χ1v) is 4.42. The maximum absolute atomic E-state index is 3.42. The van der Waals surface area contributed by atoms with Gasteiger partial charge in [-0.1, -0.05) is 20.8 Å². The average Bonchev–Trinajstić information content (AvgIpc) is 1.88. The largest absolute Gasteiger partial charge is 0.316 e. The van der Waals surface area contributed by atoms with Gasteiger partial charge in [0.2, 0.25) is 0 Å². The van der Waals surface area contributed by atoms with E-state index in [2.05, 4.69) is 26.1 Å². The number of piperidine rings is 1. The van der Waals surface area contributed by atoms with Gasteiger partial charge >= 0.3 is 0 Å². The maximum atomic E-state index is 3.42. The van der Waals surface area contributed by atoms with Crippen LogP contribution in [0.2, 0.25) is 0 Å². The zero-order valence-corrected chi connectivity index (χ0v) is 7.35. The van der Waals surface area contributed by atoms with Gasteiger partial charge in [0.15, 0.2) is 0 Å². The van der Waals surface area contributed by atoms with Gasteiger partial charge in [-0.2, -0.15) is 0 Å². The minimum Gasteiger partial charge on any atom is -0.316 e. The van der Waals surface area contributed by atoms with Crippen LogP contribution in [0.3, 0.4) is 0 Å². The molecular formula is C9H19N. The predicted molar refractivity (Wildman–Crippen MR) is 45.0 cm³/mol. The average molecular weight is 141 g/mol. The zero-order chi connectivity index (χ0) is 7.56. The Morgan fingerprint density at radius 2 is 2.10 bits per heavy atom. The molecule has 0 amide bonds. The molecule has 1 heteroatoms. The molecule has 0 aromatic carbocycles. The molecule has 1 saturated heterocycles. The summed E-state index contributed by atoms with van der Waals surface area (Å²) < 4.78 is 0. The van der Waals surface area contributed by atoms with E-state index in [0.29, 0.717) is 0 Å². The summed E-state index contributed by atoms with van der Waals surface area (Å²) >= 11 is 0. The first kappa shape index (κ1) is 8.06. The molecule has 1 fully saturated rings. The molecule has 0 aromatic heterocycles. The van der Waals surface area contributed by atoms with Gasteiger partial charge in [-0.3, -0.25) is 0 Å². The van der Waals surface area contributed by atoms with Crippen LogP contribution < -0.4 is 5.32 Å². The highest BCUT2D eigenvalue weighted by Gasteiger charge is 2.23. The highest BCUT2D eigenvalue weighted by Crippen LogP contribution is 2.25. The normalized spacial score (nSPS) is 34.8. The third kappa shape index (κ3) is 1.72. The predicted octanol–water partition coefficient (Wildman–Crippen LogP) is 1.89. The van der Waals surface area contributed by atoms with Gasteiger partial charge in [-0.05, 0) is 37.3 Å². The molecule has 1 aliphatic rings. The molecule has 1 rings (SSSR count). The highest BCUT2D eigenvalue weighted by molar-refractivity contribution is 4.76. The lowest BCUT2D eigenvalue weighted by molar-refractivity contribution is 0.210. The van der Waals surface area contributed by atoms with Crippen molar-refractivity contribution in [1.82, 2.24) is 5.32 Å². The van der Waals surface area contributed by atoms with Gasteiger partial charge in [-0.15, -0.1) is 0 Å². The van der Waals surface area contributed by atoms with Crippen molar-refractivity contribution in [2.75, 3.05) is 13.1 Å². The molecule has 1 heterocycles. The molecule has 10 heavy (non-hydrogen) atoms. The van der Waals surface area contributed by atoms with E-state index in [1.807, 2.05) is 0 Å². The summed E-state index contributed by atoms with van der Waals surface area (Å²) in [5.74, 6) is 2.71. The third-order valence-electron chi connectivity index (χ3n) is 2.71. The van der Waals surface area contributed by atoms with Crippen LogP contribution in [0.5, 0.6) is 0 Å². The molecule has 60 valence electrons. The molecule has 1 aliphatic heterocycles. The number of rotatable bonds is 1. The Morgan fingerprint density at radius 1 is 1.40 bits per heavy atom. The van der Waals surface area contributed by atoms with Crippen molar-refractivity contribution in [3.8, 4) is 0 Å². The Kier molecular flexibility index (Phi) is 2.72. The van der Waals surface area contributed by atoms with E-state index in [1.165, 1.54) is 19.5 Å². The van der Waals surface area contributed by atoms with E-state index >= 15 is 0 Å². The van der Waals surface area contributed by atoms with Crippen LogP contribution in [-0.2, 0) is 0 Å². The fraction of sp³-hybridized carbons (Fsp3) is 1.00. The van der Waals surface area contributed by atoms with E-state index in [-0.39, 0.29) is 0 Å². The molecule has 2 atom stereocenters. The summed E-state index contributed by atoms with van der Waals surface area (Å²) in [6, 6.07) is 0. The minimum absolute atomic E-state index is 0.872. The van der Waals surface area contributed by atoms with E-state index in [0.717, 1.165) is 17.8 Å². The molecule has 1 unspecified atom stereocenters. The number of hydrogen-bond donors (Lipinski definition) is 1. The monoisotopic (exact) mass is 141 g/mol. The SMILES string of the molecule is CC(C)C1CCNC[C@@H]1C. The second kappa shape index (κ2) is 3.38. The topological polar surface area (TPSA) is 12.0 Å². The second-order valence-corrected chi connectivity index (χ2v) is 3.88. The summed E-state index contributed by atoms with van der Waals surface area (Å²) in [5.41, 5.74) is 0. The van der Waals surface area contributed by atoms with Crippen LogP contribution in [0.15, 0.2) is 0 Å². The van der Waals surface area contributed by atoms with E-state index in [9.17, 15) is 0 Å². The van der Waals surface area contributed by atoms with E-state index in [1.54, 1.807) is 0 Å². The summed E-state index contributed by atoms with van der Waals surface area (Å²) in [7, 11) is 0. The van der Waals surface area contributed by atoms with E-state index < -0.39 is 0 Å². The van der Waals surface area contributed by atoms with Crippen molar-refractivity contribution in [1.29, 1.82) is 0 Å². The zero-order valence-electron chi connectivity index (χ0n) is 7.35. The molecule has 0 radical (unpaired) electrons. The standard InChI is InChI=1S/C9H19N/c1-7(2)9-4-5-10-6-8(9)3/h7-10H,4-6H2,1-3H3/t8-,9?/m0/s1. The van der Waals surface area contributed by atoms with Gasteiger partial charge in [0, 0.05) is 0 Å². The van der Waals surface area contributed by atoms with Gasteiger partial charge in [0.25, 0.3) is 0 Å². The van der Waals surface area contributed by atoms with Gasteiger partial charge in [0.1, 0.15) is 0 Å². The fourth-order valence-corrected chi connectivity index (χ4v) is 2.02. The molecule has 0 bridgehead atoms. The quantitative estimate of drug-likeness (QED) is 0.588. The molecule has 1 nitrogen and oxygen atoms in total. The molecule has 0 saturated carbocycles. The number of hydrogen-bond acceptors (Lipinski definition) is 1. The first-order valence-electron chi connectivity index (χ1n) is 4.42. The lowest BCUT2D eigenvalue weighted by Gasteiger charge is -2.32. The highest BCUT2D eigenvalue weighted by atomic mass is 14.9. The van der Waals surface area contributed by atoms with Crippen LogP contribution in [0.4, 0.5) is 0 Å². The Bertz CT molecular complexity index is 98.9. The summed E-state index contributed by atoms with van der Waals surface area (Å²) in [6.07, 6.45) is 1.37. The first-order chi connectivity index (χ1) is 4.72. The van der Waals surface area contributed by atoms with Crippen molar-refractivity contribution in [3.05, 3.63) is 0 Å². The summed E-state index contributed by atoms with van der Waals surface area (Å²) in [4.78, 5) is 0. The van der Waals surface area contributed by atoms with Crippen LogP contribution in [0.1, 0.15) is 27.2 Å². The van der Waals surface area contributed by atoms with Crippen LogP contribution in [0.25, 0.3) is 0 Å². The molecule has 0 aliphatic carbocycles. The van der Waals surface area contributed by atoms with Crippen molar-refractivity contribution < 1.29 is 0 Å². The van der Waals surface area contributed by atoms with Crippen LogP contribution in [-0.4, -0.2) is 13.1 Å². The Morgan fingerprint density at radius 3 is 2.50 bits per heavy atom. The van der Waals surface area contributed by atoms with Crippen molar-refractivity contribution in [2.24, 2.45) is 17.8 Å². The maximum Gasteiger partial charge on any atom is -0.00204 e. The van der Waals surface area contributed by atoms with Crippen LogP contribution in [0, 0.1) is 17.8 Å². The Balaban J connectivity index is 2.40.